The Morgan fingerprint density at radius 3 is 2.50 bits per heavy atom. The molecule has 0 aromatic heterocycles. The van der Waals surface area contributed by atoms with Gasteiger partial charge in [0.25, 0.3) is 0 Å². The van der Waals surface area contributed by atoms with E-state index in [4.69, 9.17) is 5.73 Å². The van der Waals surface area contributed by atoms with E-state index in [2.05, 4.69) is 48.0 Å². The Morgan fingerprint density at radius 1 is 1.20 bits per heavy atom. The van der Waals surface area contributed by atoms with Crippen LogP contribution in [0.1, 0.15) is 31.4 Å². The Balaban J connectivity index is 1.73. The SMILES string of the molecule is CC(CN(C)CCN1CCCC1)C(N)c1ccccc1. The fourth-order valence-electron chi connectivity index (χ4n) is 3.02. The van der Waals surface area contributed by atoms with Gasteiger partial charge in [0.2, 0.25) is 0 Å². The number of likely N-dealkylation sites (N-methyl/N-ethyl adjacent to an activating group) is 1. The van der Waals surface area contributed by atoms with Crippen molar-refractivity contribution in [3.8, 4) is 0 Å². The summed E-state index contributed by atoms with van der Waals surface area (Å²) in [7, 11) is 2.21. The van der Waals surface area contributed by atoms with E-state index in [-0.39, 0.29) is 6.04 Å². The maximum Gasteiger partial charge on any atom is 0.0333 e. The van der Waals surface area contributed by atoms with Crippen LogP contribution in [0.4, 0.5) is 0 Å². The van der Waals surface area contributed by atoms with Crippen molar-refractivity contribution in [1.82, 2.24) is 9.80 Å². The topological polar surface area (TPSA) is 32.5 Å². The van der Waals surface area contributed by atoms with Crippen LogP contribution in [0.2, 0.25) is 0 Å². The maximum absolute atomic E-state index is 6.37. The van der Waals surface area contributed by atoms with E-state index in [1.54, 1.807) is 0 Å². The molecule has 1 aliphatic heterocycles. The van der Waals surface area contributed by atoms with Crippen LogP contribution < -0.4 is 5.73 Å². The number of nitrogens with two attached hydrogens (primary N) is 1. The minimum Gasteiger partial charge on any atom is -0.324 e. The summed E-state index contributed by atoms with van der Waals surface area (Å²) in [6.07, 6.45) is 2.75. The van der Waals surface area contributed by atoms with Crippen molar-refractivity contribution in [1.29, 1.82) is 0 Å². The predicted octanol–water partition coefficient (Wildman–Crippen LogP) is 2.35. The molecule has 0 aliphatic carbocycles. The highest BCUT2D eigenvalue weighted by atomic mass is 15.2. The quantitative estimate of drug-likeness (QED) is 0.829. The third kappa shape index (κ3) is 4.58. The monoisotopic (exact) mass is 275 g/mol. The molecule has 2 N–H and O–H groups in total. The number of hydrogen-bond acceptors (Lipinski definition) is 3. The fraction of sp³-hybridized carbons (Fsp3) is 0.647. The predicted molar refractivity (Wildman–Crippen MR) is 85.7 cm³/mol. The summed E-state index contributed by atoms with van der Waals surface area (Å²) in [6, 6.07) is 10.6. The number of benzene rings is 1. The van der Waals surface area contributed by atoms with Crippen molar-refractivity contribution in [2.24, 2.45) is 11.7 Å². The van der Waals surface area contributed by atoms with Gasteiger partial charge in [0.05, 0.1) is 0 Å². The maximum atomic E-state index is 6.37. The van der Waals surface area contributed by atoms with E-state index < -0.39 is 0 Å². The zero-order chi connectivity index (χ0) is 14.4. The Labute approximate surface area is 123 Å². The summed E-state index contributed by atoms with van der Waals surface area (Å²) in [4.78, 5) is 4.99. The van der Waals surface area contributed by atoms with Gasteiger partial charge in [-0.1, -0.05) is 37.3 Å². The van der Waals surface area contributed by atoms with Gasteiger partial charge in [-0.15, -0.1) is 0 Å². The minimum absolute atomic E-state index is 0.130. The molecule has 2 atom stereocenters. The second-order valence-corrected chi connectivity index (χ2v) is 6.22. The van der Waals surface area contributed by atoms with Crippen LogP contribution >= 0.6 is 0 Å². The van der Waals surface area contributed by atoms with Gasteiger partial charge in [0.15, 0.2) is 0 Å². The molecule has 20 heavy (non-hydrogen) atoms. The van der Waals surface area contributed by atoms with E-state index >= 15 is 0 Å². The smallest absolute Gasteiger partial charge is 0.0333 e. The molecular formula is C17H29N3. The highest BCUT2D eigenvalue weighted by Crippen LogP contribution is 2.19. The lowest BCUT2D eigenvalue weighted by Gasteiger charge is -2.27. The molecule has 0 radical (unpaired) electrons. The molecule has 1 aromatic rings. The van der Waals surface area contributed by atoms with Gasteiger partial charge in [-0.05, 0) is 44.5 Å². The summed E-state index contributed by atoms with van der Waals surface area (Å²) in [5.74, 6) is 0.473. The van der Waals surface area contributed by atoms with Crippen LogP contribution in [0.15, 0.2) is 30.3 Å². The van der Waals surface area contributed by atoms with Crippen LogP contribution in [0.25, 0.3) is 0 Å². The molecule has 1 aliphatic rings. The van der Waals surface area contributed by atoms with Gasteiger partial charge >= 0.3 is 0 Å². The van der Waals surface area contributed by atoms with E-state index in [1.807, 2.05) is 6.07 Å². The number of nitrogens with zero attached hydrogens (tertiary/aromatic N) is 2. The second kappa shape index (κ2) is 7.77. The second-order valence-electron chi connectivity index (χ2n) is 6.22. The number of rotatable bonds is 7. The molecule has 1 aromatic carbocycles. The van der Waals surface area contributed by atoms with Crippen molar-refractivity contribution in [2.45, 2.75) is 25.8 Å². The molecule has 0 amide bonds. The lowest BCUT2D eigenvalue weighted by molar-refractivity contribution is 0.224. The van der Waals surface area contributed by atoms with Gasteiger partial charge in [-0.3, -0.25) is 0 Å². The van der Waals surface area contributed by atoms with Gasteiger partial charge < -0.3 is 15.5 Å². The first-order valence-electron chi connectivity index (χ1n) is 7.88. The van der Waals surface area contributed by atoms with Crippen LogP contribution in [0, 0.1) is 5.92 Å². The molecule has 1 fully saturated rings. The Bertz CT molecular complexity index is 373. The largest absolute Gasteiger partial charge is 0.324 e. The highest BCUT2D eigenvalue weighted by molar-refractivity contribution is 5.19. The zero-order valence-corrected chi connectivity index (χ0v) is 13.0. The first-order valence-corrected chi connectivity index (χ1v) is 7.88. The van der Waals surface area contributed by atoms with Crippen LogP contribution in [-0.4, -0.2) is 49.6 Å². The molecule has 2 rings (SSSR count). The molecular weight excluding hydrogens is 246 g/mol. The standard InChI is InChI=1S/C17H29N3/c1-15(17(18)16-8-4-3-5-9-16)14-19(2)12-13-20-10-6-7-11-20/h3-5,8-9,15,17H,6-7,10-14,18H2,1-2H3. The van der Waals surface area contributed by atoms with Crippen LogP contribution in [-0.2, 0) is 0 Å². The van der Waals surface area contributed by atoms with Gasteiger partial charge in [-0.2, -0.15) is 0 Å². The van der Waals surface area contributed by atoms with Crippen molar-refractivity contribution in [3.05, 3.63) is 35.9 Å². The fourth-order valence-corrected chi connectivity index (χ4v) is 3.02. The Hall–Kier alpha value is -0.900. The molecule has 3 nitrogen and oxygen atoms in total. The van der Waals surface area contributed by atoms with Gasteiger partial charge in [-0.25, -0.2) is 0 Å². The highest BCUT2D eigenvalue weighted by Gasteiger charge is 2.17. The summed E-state index contributed by atoms with van der Waals surface area (Å²) in [6.45, 7) is 8.23. The van der Waals surface area contributed by atoms with Crippen molar-refractivity contribution in [2.75, 3.05) is 39.8 Å². The Kier molecular flexibility index (Phi) is 6.02. The molecule has 3 heteroatoms. The average Bonchev–Trinajstić information content (AvgIpc) is 2.98. The number of hydrogen-bond donors (Lipinski definition) is 1. The normalized spacial score (nSPS) is 19.4. The summed E-state index contributed by atoms with van der Waals surface area (Å²) in [5.41, 5.74) is 7.61. The third-order valence-corrected chi connectivity index (χ3v) is 4.39. The van der Waals surface area contributed by atoms with E-state index in [1.165, 1.54) is 38.0 Å². The first-order chi connectivity index (χ1) is 9.66. The average molecular weight is 275 g/mol. The van der Waals surface area contributed by atoms with E-state index in [9.17, 15) is 0 Å². The Morgan fingerprint density at radius 2 is 1.85 bits per heavy atom. The molecule has 0 bridgehead atoms. The summed E-state index contributed by atoms with van der Waals surface area (Å²) in [5, 5.41) is 0. The minimum atomic E-state index is 0.130. The molecule has 2 unspecified atom stereocenters. The third-order valence-electron chi connectivity index (χ3n) is 4.39. The van der Waals surface area contributed by atoms with Gasteiger partial charge in [0.1, 0.15) is 0 Å². The molecule has 112 valence electrons. The molecule has 1 saturated heterocycles. The van der Waals surface area contributed by atoms with Crippen molar-refractivity contribution in [3.63, 3.8) is 0 Å². The molecule has 0 spiro atoms. The molecule has 1 heterocycles. The lowest BCUT2D eigenvalue weighted by Crippen LogP contribution is -2.36. The first kappa shape index (κ1) is 15.5. The summed E-state index contributed by atoms with van der Waals surface area (Å²) >= 11 is 0. The van der Waals surface area contributed by atoms with Crippen LogP contribution in [0.3, 0.4) is 0 Å². The number of likely N-dealkylation sites (tertiary alicyclic amines) is 1. The van der Waals surface area contributed by atoms with E-state index in [0.717, 1.165) is 13.1 Å². The van der Waals surface area contributed by atoms with Crippen molar-refractivity contribution < 1.29 is 0 Å². The van der Waals surface area contributed by atoms with Gasteiger partial charge in [0, 0.05) is 25.7 Å². The summed E-state index contributed by atoms with van der Waals surface area (Å²) < 4.78 is 0. The van der Waals surface area contributed by atoms with Crippen LogP contribution in [0.5, 0.6) is 0 Å². The van der Waals surface area contributed by atoms with Crippen molar-refractivity contribution >= 4 is 0 Å². The lowest BCUT2D eigenvalue weighted by atomic mass is 9.95. The zero-order valence-electron chi connectivity index (χ0n) is 13.0. The molecule has 0 saturated carbocycles. The van der Waals surface area contributed by atoms with E-state index in [0.29, 0.717) is 5.92 Å².